The maximum Gasteiger partial charge on any atom is 0.252 e. The summed E-state index contributed by atoms with van der Waals surface area (Å²) in [6, 6.07) is 14.7. The van der Waals surface area contributed by atoms with E-state index < -0.39 is 0 Å². The monoisotopic (exact) mass is 354 g/mol. The lowest BCUT2D eigenvalue weighted by atomic mass is 10.1. The zero-order chi connectivity index (χ0) is 17.6. The third-order valence-electron chi connectivity index (χ3n) is 3.85. The summed E-state index contributed by atoms with van der Waals surface area (Å²) < 4.78 is 5.88. The van der Waals surface area contributed by atoms with Crippen molar-refractivity contribution in [3.8, 4) is 22.8 Å². The predicted molar refractivity (Wildman–Crippen MR) is 99.6 cm³/mol. The van der Waals surface area contributed by atoms with Gasteiger partial charge in [0, 0.05) is 22.7 Å². The Hall–Kier alpha value is -2.59. The summed E-state index contributed by atoms with van der Waals surface area (Å²) in [6.07, 6.45) is 3.64. The number of nitrogens with zero attached hydrogens (tertiary/aromatic N) is 1. The molecule has 0 fully saturated rings. The highest BCUT2D eigenvalue weighted by atomic mass is 35.5. The molecule has 0 aliphatic heterocycles. The number of aromatic nitrogens is 1. The van der Waals surface area contributed by atoms with Gasteiger partial charge in [0.25, 0.3) is 5.91 Å². The maximum absolute atomic E-state index is 12.4. The van der Waals surface area contributed by atoms with Crippen LogP contribution in [0.4, 0.5) is 0 Å². The Labute approximate surface area is 151 Å². The third kappa shape index (κ3) is 4.09. The van der Waals surface area contributed by atoms with Gasteiger partial charge in [-0.2, -0.15) is 0 Å². The summed E-state index contributed by atoms with van der Waals surface area (Å²) in [6.45, 7) is 2.75. The Balaban J connectivity index is 1.87. The van der Waals surface area contributed by atoms with Crippen molar-refractivity contribution in [1.29, 1.82) is 0 Å². The number of carbonyl (C=O) groups is 1. The minimum Gasteiger partial charge on any atom is -0.436 e. The summed E-state index contributed by atoms with van der Waals surface area (Å²) in [5.41, 5.74) is 2.12. The van der Waals surface area contributed by atoms with Crippen LogP contribution < -0.4 is 5.32 Å². The minimum atomic E-state index is -0.115. The average Bonchev–Trinajstić information content (AvgIpc) is 3.12. The summed E-state index contributed by atoms with van der Waals surface area (Å²) in [5.74, 6) is 0.939. The van der Waals surface area contributed by atoms with Gasteiger partial charge in [0.1, 0.15) is 0 Å². The van der Waals surface area contributed by atoms with E-state index in [0.717, 1.165) is 18.4 Å². The van der Waals surface area contributed by atoms with Crippen LogP contribution in [-0.4, -0.2) is 17.4 Å². The molecule has 4 nitrogen and oxygen atoms in total. The number of amides is 1. The molecule has 0 saturated heterocycles. The van der Waals surface area contributed by atoms with Gasteiger partial charge in [-0.05, 0) is 42.8 Å². The highest BCUT2D eigenvalue weighted by Gasteiger charge is 2.16. The molecule has 0 saturated carbocycles. The van der Waals surface area contributed by atoms with Crippen molar-refractivity contribution < 1.29 is 9.21 Å². The van der Waals surface area contributed by atoms with Crippen molar-refractivity contribution in [2.45, 2.75) is 19.8 Å². The van der Waals surface area contributed by atoms with Gasteiger partial charge in [0.05, 0.1) is 11.8 Å². The molecule has 0 radical (unpaired) electrons. The molecule has 0 unspecified atom stereocenters. The van der Waals surface area contributed by atoms with Crippen LogP contribution in [0, 0.1) is 0 Å². The molecule has 1 aromatic heterocycles. The number of nitrogens with one attached hydrogen (secondary N) is 1. The molecule has 128 valence electrons. The molecule has 0 spiro atoms. The number of oxazole rings is 1. The molecule has 1 amide bonds. The zero-order valence-electron chi connectivity index (χ0n) is 14.0. The SMILES string of the molecule is CCCCNC(=O)c1ccccc1-c1ncc(-c2ccc(Cl)cc2)o1. The second-order valence-electron chi connectivity index (χ2n) is 5.69. The van der Waals surface area contributed by atoms with Crippen LogP contribution in [0.2, 0.25) is 5.02 Å². The van der Waals surface area contributed by atoms with Crippen LogP contribution in [0.5, 0.6) is 0 Å². The van der Waals surface area contributed by atoms with Gasteiger partial charge in [-0.1, -0.05) is 37.1 Å². The Morgan fingerprint density at radius 3 is 2.68 bits per heavy atom. The Morgan fingerprint density at radius 1 is 1.16 bits per heavy atom. The standard InChI is InChI=1S/C20H19ClN2O2/c1-2-3-12-22-19(24)16-6-4-5-7-17(16)20-23-13-18(25-20)14-8-10-15(21)11-9-14/h4-11,13H,2-3,12H2,1H3,(H,22,24). The van der Waals surface area contributed by atoms with E-state index in [2.05, 4.69) is 17.2 Å². The molecule has 0 aliphatic rings. The van der Waals surface area contributed by atoms with Gasteiger partial charge in [0.2, 0.25) is 5.89 Å². The van der Waals surface area contributed by atoms with Crippen LogP contribution >= 0.6 is 11.6 Å². The number of carbonyl (C=O) groups excluding carboxylic acids is 1. The Kier molecular flexibility index (Phi) is 5.51. The fraction of sp³-hybridized carbons (Fsp3) is 0.200. The van der Waals surface area contributed by atoms with E-state index in [0.29, 0.717) is 34.3 Å². The normalized spacial score (nSPS) is 10.6. The first-order chi connectivity index (χ1) is 12.2. The van der Waals surface area contributed by atoms with E-state index >= 15 is 0 Å². The maximum atomic E-state index is 12.4. The number of unbranched alkanes of at least 4 members (excludes halogenated alkanes) is 1. The van der Waals surface area contributed by atoms with Gasteiger partial charge in [0.15, 0.2) is 5.76 Å². The third-order valence-corrected chi connectivity index (χ3v) is 4.10. The summed E-state index contributed by atoms with van der Waals surface area (Å²) in [4.78, 5) is 16.8. The predicted octanol–water partition coefficient (Wildman–Crippen LogP) is 5.19. The average molecular weight is 355 g/mol. The second kappa shape index (κ2) is 7.99. The van der Waals surface area contributed by atoms with Crippen LogP contribution in [-0.2, 0) is 0 Å². The van der Waals surface area contributed by atoms with Gasteiger partial charge in [-0.3, -0.25) is 4.79 Å². The first-order valence-electron chi connectivity index (χ1n) is 8.28. The molecular weight excluding hydrogens is 336 g/mol. The van der Waals surface area contributed by atoms with Crippen LogP contribution in [0.1, 0.15) is 30.1 Å². The van der Waals surface area contributed by atoms with Crippen LogP contribution in [0.3, 0.4) is 0 Å². The van der Waals surface area contributed by atoms with Gasteiger partial charge >= 0.3 is 0 Å². The summed E-state index contributed by atoms with van der Waals surface area (Å²) in [7, 11) is 0. The lowest BCUT2D eigenvalue weighted by Gasteiger charge is -2.07. The number of hydrogen-bond acceptors (Lipinski definition) is 3. The Bertz CT molecular complexity index is 856. The molecule has 0 bridgehead atoms. The van der Waals surface area contributed by atoms with E-state index in [-0.39, 0.29) is 5.91 Å². The smallest absolute Gasteiger partial charge is 0.252 e. The lowest BCUT2D eigenvalue weighted by Crippen LogP contribution is -2.24. The van der Waals surface area contributed by atoms with Crippen molar-refractivity contribution in [2.75, 3.05) is 6.54 Å². The summed E-state index contributed by atoms with van der Waals surface area (Å²) >= 11 is 5.92. The molecule has 2 aromatic carbocycles. The fourth-order valence-corrected chi connectivity index (χ4v) is 2.61. The zero-order valence-corrected chi connectivity index (χ0v) is 14.7. The molecule has 25 heavy (non-hydrogen) atoms. The highest BCUT2D eigenvalue weighted by molar-refractivity contribution is 6.30. The lowest BCUT2D eigenvalue weighted by molar-refractivity contribution is 0.0953. The molecule has 1 N–H and O–H groups in total. The topological polar surface area (TPSA) is 55.1 Å². The largest absolute Gasteiger partial charge is 0.436 e. The van der Waals surface area contributed by atoms with E-state index in [1.54, 1.807) is 24.4 Å². The van der Waals surface area contributed by atoms with E-state index in [4.69, 9.17) is 16.0 Å². The van der Waals surface area contributed by atoms with E-state index in [1.165, 1.54) is 0 Å². The number of benzene rings is 2. The van der Waals surface area contributed by atoms with Gasteiger partial charge < -0.3 is 9.73 Å². The second-order valence-corrected chi connectivity index (χ2v) is 6.13. The van der Waals surface area contributed by atoms with E-state index in [1.807, 2.05) is 30.3 Å². The van der Waals surface area contributed by atoms with Crippen LogP contribution in [0.15, 0.2) is 59.1 Å². The van der Waals surface area contributed by atoms with Gasteiger partial charge in [-0.15, -0.1) is 0 Å². The van der Waals surface area contributed by atoms with E-state index in [9.17, 15) is 4.79 Å². The molecule has 3 aromatic rings. The number of hydrogen-bond donors (Lipinski definition) is 1. The van der Waals surface area contributed by atoms with Crippen molar-refractivity contribution >= 4 is 17.5 Å². The number of rotatable bonds is 6. The quantitative estimate of drug-likeness (QED) is 0.619. The number of halogens is 1. The van der Waals surface area contributed by atoms with Crippen LogP contribution in [0.25, 0.3) is 22.8 Å². The first kappa shape index (κ1) is 17.2. The van der Waals surface area contributed by atoms with Gasteiger partial charge in [-0.25, -0.2) is 4.98 Å². The molecule has 0 aliphatic carbocycles. The minimum absolute atomic E-state index is 0.115. The molecule has 3 rings (SSSR count). The Morgan fingerprint density at radius 2 is 1.92 bits per heavy atom. The van der Waals surface area contributed by atoms with Crippen molar-refractivity contribution in [3.63, 3.8) is 0 Å². The first-order valence-corrected chi connectivity index (χ1v) is 8.66. The van der Waals surface area contributed by atoms with Crippen molar-refractivity contribution in [2.24, 2.45) is 0 Å². The highest BCUT2D eigenvalue weighted by Crippen LogP contribution is 2.28. The summed E-state index contributed by atoms with van der Waals surface area (Å²) in [5, 5.41) is 3.60. The molecule has 5 heteroatoms. The fourth-order valence-electron chi connectivity index (χ4n) is 2.49. The molecule has 0 atom stereocenters. The molecule has 1 heterocycles. The van der Waals surface area contributed by atoms with Crippen molar-refractivity contribution in [3.05, 3.63) is 65.3 Å². The molecular formula is C20H19ClN2O2. The van der Waals surface area contributed by atoms with Crippen molar-refractivity contribution in [1.82, 2.24) is 10.3 Å².